The second kappa shape index (κ2) is 4.01. The molecule has 0 aliphatic rings. The van der Waals surface area contributed by atoms with Crippen LogP contribution < -0.4 is 0 Å². The summed E-state index contributed by atoms with van der Waals surface area (Å²) in [5.41, 5.74) is -0.907. The summed E-state index contributed by atoms with van der Waals surface area (Å²) >= 11 is 0. The van der Waals surface area contributed by atoms with Gasteiger partial charge in [-0.15, -0.1) is 0 Å². The second-order valence-corrected chi connectivity index (χ2v) is 3.30. The lowest BCUT2D eigenvalue weighted by Gasteiger charge is -1.95. The first-order valence-corrected chi connectivity index (χ1v) is 4.36. The molecule has 0 saturated carbocycles. The molecule has 0 fully saturated rings. The molecule has 0 spiro atoms. The van der Waals surface area contributed by atoms with E-state index in [1.807, 2.05) is 0 Å². The van der Waals surface area contributed by atoms with Gasteiger partial charge in [0.1, 0.15) is 0 Å². The topological polar surface area (TPSA) is 129 Å². The van der Waals surface area contributed by atoms with Gasteiger partial charge in [-0.05, 0) is 0 Å². The van der Waals surface area contributed by atoms with Crippen LogP contribution in [0.3, 0.4) is 0 Å². The standard InChI is InChI=1S/C5H6O7S/c6-4(7)1-3(5(8)9)2-13(10,11)12/h2H,1H2,(H,6,7)(H,8,9)(H,10,11,12). The fourth-order valence-corrected chi connectivity index (χ4v) is 1.05. The van der Waals surface area contributed by atoms with E-state index in [1.165, 1.54) is 0 Å². The van der Waals surface area contributed by atoms with Crippen LogP contribution in [0.5, 0.6) is 0 Å². The third-order valence-electron chi connectivity index (χ3n) is 0.908. The highest BCUT2D eigenvalue weighted by atomic mass is 32.2. The molecule has 0 radical (unpaired) electrons. The number of hydrogen-bond donors (Lipinski definition) is 3. The van der Waals surface area contributed by atoms with Gasteiger partial charge in [0.15, 0.2) is 0 Å². The Morgan fingerprint density at radius 3 is 1.92 bits per heavy atom. The van der Waals surface area contributed by atoms with E-state index >= 15 is 0 Å². The maximum absolute atomic E-state index is 10.2. The number of aliphatic carboxylic acids is 2. The van der Waals surface area contributed by atoms with E-state index in [0.29, 0.717) is 0 Å². The van der Waals surface area contributed by atoms with Crippen LogP contribution in [0.2, 0.25) is 0 Å². The van der Waals surface area contributed by atoms with Gasteiger partial charge in [-0.25, -0.2) is 4.79 Å². The average Bonchev–Trinajstić information content (AvgIpc) is 1.81. The molecule has 8 heteroatoms. The normalized spacial score (nSPS) is 12.5. The van der Waals surface area contributed by atoms with E-state index in [1.54, 1.807) is 0 Å². The van der Waals surface area contributed by atoms with Crippen molar-refractivity contribution in [3.05, 3.63) is 11.0 Å². The summed E-state index contributed by atoms with van der Waals surface area (Å²) in [6.45, 7) is 0. The number of carbonyl (C=O) groups is 2. The Morgan fingerprint density at radius 1 is 1.23 bits per heavy atom. The van der Waals surface area contributed by atoms with E-state index in [-0.39, 0.29) is 5.41 Å². The Hall–Kier alpha value is -1.41. The van der Waals surface area contributed by atoms with Crippen molar-refractivity contribution in [3.8, 4) is 0 Å². The lowest BCUT2D eigenvalue weighted by Crippen LogP contribution is -2.09. The first kappa shape index (κ1) is 11.6. The first-order chi connectivity index (χ1) is 5.72. The third kappa shape index (κ3) is 5.82. The molecule has 0 unspecified atom stereocenters. The first-order valence-electron chi connectivity index (χ1n) is 2.85. The van der Waals surface area contributed by atoms with Gasteiger partial charge in [-0.3, -0.25) is 9.35 Å². The number of carboxylic acid groups (broad SMARTS) is 2. The van der Waals surface area contributed by atoms with Crippen molar-refractivity contribution in [1.82, 2.24) is 0 Å². The predicted octanol–water partition coefficient (Wildman–Crippen LogP) is -0.683. The minimum atomic E-state index is -4.62. The Kier molecular flexibility index (Phi) is 3.57. The van der Waals surface area contributed by atoms with E-state index in [9.17, 15) is 18.0 Å². The van der Waals surface area contributed by atoms with E-state index in [4.69, 9.17) is 14.8 Å². The van der Waals surface area contributed by atoms with Crippen LogP contribution >= 0.6 is 0 Å². The molecule has 13 heavy (non-hydrogen) atoms. The van der Waals surface area contributed by atoms with Gasteiger partial charge < -0.3 is 10.2 Å². The summed E-state index contributed by atoms with van der Waals surface area (Å²) in [7, 11) is -4.62. The molecule has 7 nitrogen and oxygen atoms in total. The molecule has 0 aromatic carbocycles. The minimum Gasteiger partial charge on any atom is -0.481 e. The lowest BCUT2D eigenvalue weighted by molar-refractivity contribution is -0.139. The SMILES string of the molecule is O=C(O)CC(=CS(=O)(=O)O)C(=O)O. The zero-order chi connectivity index (χ0) is 10.6. The number of rotatable bonds is 4. The summed E-state index contributed by atoms with van der Waals surface area (Å²) in [6.07, 6.45) is -0.977. The van der Waals surface area contributed by atoms with Crippen LogP contribution in [-0.2, 0) is 19.7 Å². The van der Waals surface area contributed by atoms with Gasteiger partial charge in [0, 0.05) is 0 Å². The molecule has 74 valence electrons. The van der Waals surface area contributed by atoms with Crippen molar-refractivity contribution in [3.63, 3.8) is 0 Å². The molecule has 0 aliphatic carbocycles. The van der Waals surface area contributed by atoms with Crippen LogP contribution in [0.15, 0.2) is 11.0 Å². The fraction of sp³-hybridized carbons (Fsp3) is 0.200. The molecule has 3 N–H and O–H groups in total. The van der Waals surface area contributed by atoms with Crippen molar-refractivity contribution in [1.29, 1.82) is 0 Å². The molecule has 0 saturated heterocycles. The monoisotopic (exact) mass is 210 g/mol. The van der Waals surface area contributed by atoms with Crippen LogP contribution in [0.4, 0.5) is 0 Å². The van der Waals surface area contributed by atoms with E-state index in [0.717, 1.165) is 0 Å². The summed E-state index contributed by atoms with van der Waals surface area (Å²) < 4.78 is 28.5. The van der Waals surface area contributed by atoms with Gasteiger partial charge in [0.25, 0.3) is 10.1 Å². The number of carboxylic acids is 2. The van der Waals surface area contributed by atoms with Crippen LogP contribution in [0, 0.1) is 0 Å². The molecule has 0 rings (SSSR count). The second-order valence-electron chi connectivity index (χ2n) is 2.03. The zero-order valence-electron chi connectivity index (χ0n) is 6.17. The highest BCUT2D eigenvalue weighted by molar-refractivity contribution is 7.88. The van der Waals surface area contributed by atoms with Crippen molar-refractivity contribution < 1.29 is 32.8 Å². The van der Waals surface area contributed by atoms with Crippen molar-refractivity contribution in [2.24, 2.45) is 0 Å². The minimum absolute atomic E-state index is 0.0105. The van der Waals surface area contributed by atoms with Gasteiger partial charge in [-0.1, -0.05) is 0 Å². The summed E-state index contributed by atoms with van der Waals surface area (Å²) in [5, 5.41) is 16.4. The molecular formula is C5H6O7S. The molecule has 0 bridgehead atoms. The Bertz CT molecular complexity index is 349. The molecule has 0 aromatic heterocycles. The highest BCUT2D eigenvalue weighted by Crippen LogP contribution is 2.04. The lowest BCUT2D eigenvalue weighted by atomic mass is 10.2. The van der Waals surface area contributed by atoms with Crippen molar-refractivity contribution >= 4 is 22.1 Å². The molecule has 0 aliphatic heterocycles. The molecule has 0 atom stereocenters. The summed E-state index contributed by atoms with van der Waals surface area (Å²) in [5.74, 6) is -3.21. The molecule has 0 amide bonds. The fourth-order valence-electron chi connectivity index (χ4n) is 0.510. The van der Waals surface area contributed by atoms with Gasteiger partial charge in [0.05, 0.1) is 17.4 Å². The maximum atomic E-state index is 10.2. The number of hydrogen-bond acceptors (Lipinski definition) is 4. The highest BCUT2D eigenvalue weighted by Gasteiger charge is 2.15. The molecule has 0 heterocycles. The summed E-state index contributed by atoms with van der Waals surface area (Å²) in [6, 6.07) is 0. The third-order valence-corrected chi connectivity index (χ3v) is 1.49. The van der Waals surface area contributed by atoms with E-state index in [2.05, 4.69) is 0 Å². The molecule has 0 aromatic rings. The molecular weight excluding hydrogens is 204 g/mol. The van der Waals surface area contributed by atoms with Crippen molar-refractivity contribution in [2.45, 2.75) is 6.42 Å². The summed E-state index contributed by atoms with van der Waals surface area (Å²) in [4.78, 5) is 20.2. The van der Waals surface area contributed by atoms with E-state index < -0.39 is 34.1 Å². The largest absolute Gasteiger partial charge is 0.481 e. The Balaban J connectivity index is 4.94. The maximum Gasteiger partial charge on any atom is 0.332 e. The van der Waals surface area contributed by atoms with Gasteiger partial charge >= 0.3 is 11.9 Å². The smallest absolute Gasteiger partial charge is 0.332 e. The zero-order valence-corrected chi connectivity index (χ0v) is 6.98. The van der Waals surface area contributed by atoms with Crippen molar-refractivity contribution in [2.75, 3.05) is 0 Å². The average molecular weight is 210 g/mol. The van der Waals surface area contributed by atoms with Crippen LogP contribution in [0.25, 0.3) is 0 Å². The van der Waals surface area contributed by atoms with Crippen LogP contribution in [0.1, 0.15) is 6.42 Å². The quantitative estimate of drug-likeness (QED) is 0.414. The predicted molar refractivity (Wildman–Crippen MR) is 39.5 cm³/mol. The van der Waals surface area contributed by atoms with Gasteiger partial charge in [0.2, 0.25) is 0 Å². The Labute approximate surface area is 73.0 Å². The van der Waals surface area contributed by atoms with Gasteiger partial charge in [-0.2, -0.15) is 8.42 Å². The Morgan fingerprint density at radius 2 is 1.69 bits per heavy atom. The van der Waals surface area contributed by atoms with Crippen LogP contribution in [-0.4, -0.2) is 35.1 Å².